The van der Waals surface area contributed by atoms with E-state index in [1.807, 2.05) is 18.2 Å². The molecule has 0 aliphatic carbocycles. The SMILES string of the molecule is COc1ccccc1CCNC(=O)C1CCCN1C1CCOCC1. The molecule has 5 heteroatoms. The van der Waals surface area contributed by atoms with E-state index in [1.165, 1.54) is 0 Å². The number of amides is 1. The van der Waals surface area contributed by atoms with Crippen LogP contribution < -0.4 is 10.1 Å². The van der Waals surface area contributed by atoms with E-state index in [1.54, 1.807) is 7.11 Å². The van der Waals surface area contributed by atoms with E-state index in [2.05, 4.69) is 16.3 Å². The first-order valence-corrected chi connectivity index (χ1v) is 9.02. The zero-order chi connectivity index (χ0) is 16.8. The van der Waals surface area contributed by atoms with Gasteiger partial charge in [0, 0.05) is 25.8 Å². The first-order valence-electron chi connectivity index (χ1n) is 9.02. The lowest BCUT2D eigenvalue weighted by molar-refractivity contribution is -0.126. The van der Waals surface area contributed by atoms with Crippen LogP contribution in [0.15, 0.2) is 24.3 Å². The minimum atomic E-state index is 0.0331. The van der Waals surface area contributed by atoms with E-state index < -0.39 is 0 Å². The highest BCUT2D eigenvalue weighted by Gasteiger charge is 2.35. The fraction of sp³-hybridized carbons (Fsp3) is 0.632. The molecule has 132 valence electrons. The van der Waals surface area contributed by atoms with Gasteiger partial charge in [-0.1, -0.05) is 18.2 Å². The van der Waals surface area contributed by atoms with E-state index in [0.29, 0.717) is 12.6 Å². The quantitative estimate of drug-likeness (QED) is 0.866. The molecule has 2 aliphatic heterocycles. The summed E-state index contributed by atoms with van der Waals surface area (Å²) in [4.78, 5) is 15.0. The van der Waals surface area contributed by atoms with Crippen molar-refractivity contribution in [1.29, 1.82) is 0 Å². The molecule has 2 fully saturated rings. The molecule has 5 nitrogen and oxygen atoms in total. The summed E-state index contributed by atoms with van der Waals surface area (Å²) < 4.78 is 10.8. The Kier molecular flexibility index (Phi) is 6.10. The Morgan fingerprint density at radius 2 is 2.08 bits per heavy atom. The molecular weight excluding hydrogens is 304 g/mol. The number of carbonyl (C=O) groups excluding carboxylic acids is 1. The van der Waals surface area contributed by atoms with E-state index in [9.17, 15) is 4.79 Å². The lowest BCUT2D eigenvalue weighted by Gasteiger charge is -2.34. The molecule has 0 radical (unpaired) electrons. The maximum atomic E-state index is 12.6. The molecule has 1 atom stereocenters. The second kappa shape index (κ2) is 8.49. The van der Waals surface area contributed by atoms with Gasteiger partial charge >= 0.3 is 0 Å². The van der Waals surface area contributed by atoms with Crippen molar-refractivity contribution in [2.24, 2.45) is 0 Å². The molecule has 1 N–H and O–H groups in total. The standard InChI is InChI=1S/C19H28N2O3/c1-23-18-7-3-2-5-15(18)8-11-20-19(22)17-6-4-12-21(17)16-9-13-24-14-10-16/h2-3,5,7,16-17H,4,6,8-14H2,1H3,(H,20,22). The highest BCUT2D eigenvalue weighted by Crippen LogP contribution is 2.25. The van der Waals surface area contributed by atoms with Gasteiger partial charge in [0.15, 0.2) is 0 Å². The summed E-state index contributed by atoms with van der Waals surface area (Å²) >= 11 is 0. The molecule has 0 bridgehead atoms. The Hall–Kier alpha value is -1.59. The minimum absolute atomic E-state index is 0.0331. The van der Waals surface area contributed by atoms with Gasteiger partial charge in [-0.3, -0.25) is 9.69 Å². The van der Waals surface area contributed by atoms with Gasteiger partial charge < -0.3 is 14.8 Å². The molecule has 1 unspecified atom stereocenters. The number of likely N-dealkylation sites (tertiary alicyclic amines) is 1. The summed E-state index contributed by atoms with van der Waals surface area (Å²) in [6.45, 7) is 3.33. The molecule has 0 spiro atoms. The van der Waals surface area contributed by atoms with Crippen LogP contribution in [0, 0.1) is 0 Å². The number of hydrogen-bond donors (Lipinski definition) is 1. The van der Waals surface area contributed by atoms with Gasteiger partial charge in [-0.2, -0.15) is 0 Å². The predicted molar refractivity (Wildman–Crippen MR) is 93.3 cm³/mol. The monoisotopic (exact) mass is 332 g/mol. The molecule has 2 saturated heterocycles. The van der Waals surface area contributed by atoms with Crippen molar-refractivity contribution >= 4 is 5.91 Å². The van der Waals surface area contributed by atoms with Gasteiger partial charge in [0.2, 0.25) is 5.91 Å². The van der Waals surface area contributed by atoms with Crippen molar-refractivity contribution in [3.63, 3.8) is 0 Å². The minimum Gasteiger partial charge on any atom is -0.496 e. The Balaban J connectivity index is 1.50. The van der Waals surface area contributed by atoms with Crippen LogP contribution in [0.2, 0.25) is 0 Å². The Morgan fingerprint density at radius 1 is 1.29 bits per heavy atom. The van der Waals surface area contributed by atoms with Crippen LogP contribution in [-0.2, 0) is 16.0 Å². The maximum absolute atomic E-state index is 12.6. The average Bonchev–Trinajstić information content (AvgIpc) is 3.12. The molecule has 1 aromatic carbocycles. The number of hydrogen-bond acceptors (Lipinski definition) is 4. The van der Waals surface area contributed by atoms with Crippen molar-refractivity contribution in [1.82, 2.24) is 10.2 Å². The van der Waals surface area contributed by atoms with Crippen LogP contribution in [0.4, 0.5) is 0 Å². The molecule has 2 aliphatic rings. The predicted octanol–water partition coefficient (Wildman–Crippen LogP) is 2.00. The van der Waals surface area contributed by atoms with Gasteiger partial charge in [0.25, 0.3) is 0 Å². The van der Waals surface area contributed by atoms with Crippen molar-refractivity contribution in [3.8, 4) is 5.75 Å². The van der Waals surface area contributed by atoms with Crippen molar-refractivity contribution in [2.45, 2.75) is 44.2 Å². The van der Waals surface area contributed by atoms with Crippen molar-refractivity contribution in [3.05, 3.63) is 29.8 Å². The average molecular weight is 332 g/mol. The Labute approximate surface area is 144 Å². The summed E-state index contributed by atoms with van der Waals surface area (Å²) in [7, 11) is 1.68. The number of benzene rings is 1. The molecule has 1 amide bonds. The smallest absolute Gasteiger partial charge is 0.237 e. The van der Waals surface area contributed by atoms with E-state index in [4.69, 9.17) is 9.47 Å². The normalized spacial score (nSPS) is 22.5. The lowest BCUT2D eigenvalue weighted by atomic mass is 10.1. The van der Waals surface area contributed by atoms with Crippen LogP contribution >= 0.6 is 0 Å². The van der Waals surface area contributed by atoms with Gasteiger partial charge in [-0.15, -0.1) is 0 Å². The van der Waals surface area contributed by atoms with E-state index >= 15 is 0 Å². The number of methoxy groups -OCH3 is 1. The third-order valence-corrected chi connectivity index (χ3v) is 5.14. The first kappa shape index (κ1) is 17.2. The second-order valence-corrected chi connectivity index (χ2v) is 6.59. The Bertz CT molecular complexity index is 543. The van der Waals surface area contributed by atoms with Gasteiger partial charge in [-0.05, 0) is 50.3 Å². The van der Waals surface area contributed by atoms with Crippen molar-refractivity contribution in [2.75, 3.05) is 33.4 Å². The Morgan fingerprint density at radius 3 is 2.88 bits per heavy atom. The summed E-state index contributed by atoms with van der Waals surface area (Å²) in [5.74, 6) is 1.06. The number of nitrogens with one attached hydrogen (secondary N) is 1. The lowest BCUT2D eigenvalue weighted by Crippen LogP contribution is -2.49. The number of para-hydroxylation sites is 1. The zero-order valence-electron chi connectivity index (χ0n) is 14.5. The summed E-state index contributed by atoms with van der Waals surface area (Å²) in [6, 6.07) is 8.52. The molecular formula is C19H28N2O3. The summed E-state index contributed by atoms with van der Waals surface area (Å²) in [6.07, 6.45) is 4.97. The highest BCUT2D eigenvalue weighted by atomic mass is 16.5. The topological polar surface area (TPSA) is 50.8 Å². The zero-order valence-corrected chi connectivity index (χ0v) is 14.5. The molecule has 2 heterocycles. The molecule has 24 heavy (non-hydrogen) atoms. The third kappa shape index (κ3) is 4.08. The number of rotatable bonds is 6. The van der Waals surface area contributed by atoms with E-state index in [-0.39, 0.29) is 11.9 Å². The molecule has 0 aromatic heterocycles. The van der Waals surface area contributed by atoms with Crippen molar-refractivity contribution < 1.29 is 14.3 Å². The number of nitrogens with zero attached hydrogens (tertiary/aromatic N) is 1. The largest absolute Gasteiger partial charge is 0.496 e. The van der Waals surface area contributed by atoms with Crippen LogP contribution in [0.1, 0.15) is 31.2 Å². The van der Waals surface area contributed by atoms with Gasteiger partial charge in [-0.25, -0.2) is 0 Å². The van der Waals surface area contributed by atoms with Crippen LogP contribution in [-0.4, -0.2) is 56.3 Å². The highest BCUT2D eigenvalue weighted by molar-refractivity contribution is 5.82. The van der Waals surface area contributed by atoms with Crippen LogP contribution in [0.25, 0.3) is 0 Å². The number of ether oxygens (including phenoxy) is 2. The molecule has 3 rings (SSSR count). The second-order valence-electron chi connectivity index (χ2n) is 6.59. The maximum Gasteiger partial charge on any atom is 0.237 e. The molecule has 0 saturated carbocycles. The summed E-state index contributed by atoms with van der Waals surface area (Å²) in [5, 5.41) is 3.13. The fourth-order valence-corrected chi connectivity index (χ4v) is 3.87. The fourth-order valence-electron chi connectivity index (χ4n) is 3.87. The molecule has 1 aromatic rings. The first-order chi connectivity index (χ1) is 11.8. The third-order valence-electron chi connectivity index (χ3n) is 5.14. The van der Waals surface area contributed by atoms with Gasteiger partial charge in [0.05, 0.1) is 13.2 Å². The summed E-state index contributed by atoms with van der Waals surface area (Å²) in [5.41, 5.74) is 1.13. The van der Waals surface area contributed by atoms with Gasteiger partial charge in [0.1, 0.15) is 5.75 Å². The van der Waals surface area contributed by atoms with E-state index in [0.717, 1.165) is 63.2 Å². The van der Waals surface area contributed by atoms with Crippen LogP contribution in [0.5, 0.6) is 5.75 Å². The van der Waals surface area contributed by atoms with Crippen LogP contribution in [0.3, 0.4) is 0 Å². The number of carbonyl (C=O) groups is 1.